The lowest BCUT2D eigenvalue weighted by atomic mass is 10.0. The summed E-state index contributed by atoms with van der Waals surface area (Å²) < 4.78 is 9.71. The molecule has 0 unspecified atom stereocenters. The van der Waals surface area contributed by atoms with E-state index in [1.807, 2.05) is 0 Å². The Balaban J connectivity index is 3.21. The van der Waals surface area contributed by atoms with Crippen LogP contribution in [0.5, 0.6) is 0 Å². The predicted molar refractivity (Wildman–Crippen MR) is 68.4 cm³/mol. The first-order valence-electron chi connectivity index (χ1n) is 5.99. The first-order valence-corrected chi connectivity index (χ1v) is 5.99. The van der Waals surface area contributed by atoms with Crippen LogP contribution in [0.1, 0.15) is 51.8 Å². The van der Waals surface area contributed by atoms with Crippen LogP contribution in [-0.2, 0) is 9.47 Å². The van der Waals surface area contributed by atoms with Crippen LogP contribution in [0.15, 0.2) is 18.2 Å². The molecule has 5 nitrogen and oxygen atoms in total. The third-order valence-corrected chi connectivity index (χ3v) is 2.36. The Labute approximate surface area is 111 Å². The summed E-state index contributed by atoms with van der Waals surface area (Å²) in [5.41, 5.74) is 0.601. The van der Waals surface area contributed by atoms with Gasteiger partial charge in [-0.1, -0.05) is 0 Å². The van der Waals surface area contributed by atoms with Gasteiger partial charge in [0, 0.05) is 5.56 Å². The van der Waals surface area contributed by atoms with Gasteiger partial charge in [0.2, 0.25) is 0 Å². The molecule has 5 heteroatoms. The number of carbonyl (C=O) groups is 3. The molecule has 0 aliphatic carbocycles. The van der Waals surface area contributed by atoms with E-state index in [9.17, 15) is 14.4 Å². The molecule has 0 saturated heterocycles. The van der Waals surface area contributed by atoms with Crippen molar-refractivity contribution in [1.29, 1.82) is 0 Å². The smallest absolute Gasteiger partial charge is 0.338 e. The molecule has 1 aromatic rings. The van der Waals surface area contributed by atoms with Crippen molar-refractivity contribution in [2.45, 2.75) is 20.8 Å². The van der Waals surface area contributed by atoms with Crippen molar-refractivity contribution in [3.63, 3.8) is 0 Å². The minimum Gasteiger partial charge on any atom is -0.462 e. The summed E-state index contributed by atoms with van der Waals surface area (Å²) in [6.07, 6.45) is 0. The fraction of sp³-hybridized carbons (Fsp3) is 0.357. The van der Waals surface area contributed by atoms with E-state index < -0.39 is 11.9 Å². The van der Waals surface area contributed by atoms with Gasteiger partial charge < -0.3 is 9.47 Å². The van der Waals surface area contributed by atoms with Crippen molar-refractivity contribution in [3.05, 3.63) is 34.9 Å². The Hall–Kier alpha value is -2.17. The van der Waals surface area contributed by atoms with Crippen molar-refractivity contribution in [1.82, 2.24) is 0 Å². The van der Waals surface area contributed by atoms with Crippen molar-refractivity contribution in [3.8, 4) is 0 Å². The van der Waals surface area contributed by atoms with Crippen LogP contribution >= 0.6 is 0 Å². The number of Topliss-reactive ketones (excluding diaryl/α,β-unsaturated/α-hetero) is 1. The van der Waals surface area contributed by atoms with Gasteiger partial charge in [-0.15, -0.1) is 0 Å². The largest absolute Gasteiger partial charge is 0.462 e. The molecule has 0 aromatic heterocycles. The van der Waals surface area contributed by atoms with E-state index in [-0.39, 0.29) is 35.7 Å². The van der Waals surface area contributed by atoms with Gasteiger partial charge in [-0.3, -0.25) is 4.79 Å². The van der Waals surface area contributed by atoms with E-state index in [1.165, 1.54) is 25.1 Å². The highest BCUT2D eigenvalue weighted by atomic mass is 16.5. The molecule has 0 atom stereocenters. The van der Waals surface area contributed by atoms with Crippen molar-refractivity contribution >= 4 is 17.7 Å². The number of carbonyl (C=O) groups excluding carboxylic acids is 3. The van der Waals surface area contributed by atoms with Crippen LogP contribution in [0.2, 0.25) is 0 Å². The fourth-order valence-corrected chi connectivity index (χ4v) is 1.50. The van der Waals surface area contributed by atoms with E-state index in [0.717, 1.165) is 0 Å². The standard InChI is InChI=1S/C14H16O5/c1-4-18-13(16)11-6-10(9(3)15)7-12(8-11)14(17)19-5-2/h6-8H,4-5H2,1-3H3. The second-order valence-electron chi connectivity index (χ2n) is 3.80. The zero-order valence-electron chi connectivity index (χ0n) is 11.2. The van der Waals surface area contributed by atoms with E-state index in [2.05, 4.69) is 0 Å². The SMILES string of the molecule is CCOC(=O)c1cc(C(C)=O)cc(C(=O)OCC)c1. The summed E-state index contributed by atoms with van der Waals surface area (Å²) in [5.74, 6) is -1.39. The molecule has 0 fully saturated rings. The van der Waals surface area contributed by atoms with Gasteiger partial charge in [-0.2, -0.15) is 0 Å². The van der Waals surface area contributed by atoms with E-state index in [4.69, 9.17) is 9.47 Å². The number of ether oxygens (including phenoxy) is 2. The molecule has 0 heterocycles. The van der Waals surface area contributed by atoms with Crippen molar-refractivity contribution in [2.24, 2.45) is 0 Å². The van der Waals surface area contributed by atoms with Crippen LogP contribution in [0.25, 0.3) is 0 Å². The monoisotopic (exact) mass is 264 g/mol. The van der Waals surface area contributed by atoms with Gasteiger partial charge in [0.15, 0.2) is 5.78 Å². The molecule has 1 rings (SSSR count). The fourth-order valence-electron chi connectivity index (χ4n) is 1.50. The maximum atomic E-state index is 11.7. The molecule has 0 radical (unpaired) electrons. The Morgan fingerprint density at radius 3 is 1.53 bits per heavy atom. The van der Waals surface area contributed by atoms with Crippen molar-refractivity contribution < 1.29 is 23.9 Å². The highest BCUT2D eigenvalue weighted by molar-refractivity contribution is 6.02. The van der Waals surface area contributed by atoms with Gasteiger partial charge in [-0.05, 0) is 39.0 Å². The maximum absolute atomic E-state index is 11.7. The molecule has 19 heavy (non-hydrogen) atoms. The number of hydrogen-bond acceptors (Lipinski definition) is 5. The lowest BCUT2D eigenvalue weighted by Crippen LogP contribution is -2.11. The first-order chi connectivity index (χ1) is 8.99. The third-order valence-electron chi connectivity index (χ3n) is 2.36. The predicted octanol–water partition coefficient (Wildman–Crippen LogP) is 2.24. The van der Waals surface area contributed by atoms with Crippen LogP contribution in [0.3, 0.4) is 0 Å². The third kappa shape index (κ3) is 3.91. The molecule has 0 aliphatic rings. The van der Waals surface area contributed by atoms with Gasteiger partial charge >= 0.3 is 11.9 Å². The van der Waals surface area contributed by atoms with Crippen LogP contribution in [0.4, 0.5) is 0 Å². The highest BCUT2D eigenvalue weighted by Gasteiger charge is 2.16. The molecule has 0 N–H and O–H groups in total. The summed E-state index contributed by atoms with van der Waals surface area (Å²) in [7, 11) is 0. The molecule has 1 aromatic carbocycles. The zero-order valence-corrected chi connectivity index (χ0v) is 11.2. The summed E-state index contributed by atoms with van der Waals surface area (Å²) in [5, 5.41) is 0. The van der Waals surface area contributed by atoms with E-state index in [1.54, 1.807) is 13.8 Å². The van der Waals surface area contributed by atoms with Gasteiger partial charge in [0.1, 0.15) is 0 Å². The lowest BCUT2D eigenvalue weighted by Gasteiger charge is -2.07. The number of esters is 2. The van der Waals surface area contributed by atoms with E-state index in [0.29, 0.717) is 0 Å². The van der Waals surface area contributed by atoms with Crippen molar-refractivity contribution in [2.75, 3.05) is 13.2 Å². The first kappa shape index (κ1) is 14.9. The Morgan fingerprint density at radius 1 is 0.842 bits per heavy atom. The van der Waals surface area contributed by atoms with E-state index >= 15 is 0 Å². The number of hydrogen-bond donors (Lipinski definition) is 0. The minimum atomic E-state index is -0.573. The number of benzene rings is 1. The molecule has 0 amide bonds. The average molecular weight is 264 g/mol. The Morgan fingerprint density at radius 2 is 1.21 bits per heavy atom. The summed E-state index contributed by atoms with van der Waals surface area (Å²) in [4.78, 5) is 34.7. The molecule has 0 spiro atoms. The summed E-state index contributed by atoms with van der Waals surface area (Å²) in [6, 6.07) is 4.18. The van der Waals surface area contributed by atoms with Gasteiger partial charge in [0.05, 0.1) is 24.3 Å². The van der Waals surface area contributed by atoms with Crippen LogP contribution in [0, 0.1) is 0 Å². The zero-order chi connectivity index (χ0) is 14.4. The molecule has 0 bridgehead atoms. The minimum absolute atomic E-state index is 0.164. The van der Waals surface area contributed by atoms with Gasteiger partial charge in [-0.25, -0.2) is 9.59 Å². The van der Waals surface area contributed by atoms with Gasteiger partial charge in [0.25, 0.3) is 0 Å². The molecular weight excluding hydrogens is 248 g/mol. The number of ketones is 1. The normalized spacial score (nSPS) is 9.84. The lowest BCUT2D eigenvalue weighted by molar-refractivity contribution is 0.0525. The average Bonchev–Trinajstić information content (AvgIpc) is 2.38. The second kappa shape index (κ2) is 6.68. The molecule has 102 valence electrons. The Kier molecular flexibility index (Phi) is 5.23. The second-order valence-corrected chi connectivity index (χ2v) is 3.80. The molecule has 0 aliphatic heterocycles. The van der Waals surface area contributed by atoms with Crippen LogP contribution < -0.4 is 0 Å². The summed E-state index contributed by atoms with van der Waals surface area (Å²) in [6.45, 7) is 5.16. The van der Waals surface area contributed by atoms with Crippen LogP contribution in [-0.4, -0.2) is 30.9 Å². The topological polar surface area (TPSA) is 69.7 Å². The molecule has 0 saturated carbocycles. The quantitative estimate of drug-likeness (QED) is 0.602. The summed E-state index contributed by atoms with van der Waals surface area (Å²) >= 11 is 0. The highest BCUT2D eigenvalue weighted by Crippen LogP contribution is 2.14. The maximum Gasteiger partial charge on any atom is 0.338 e. The number of rotatable bonds is 5. The molecular formula is C14H16O5. The Bertz CT molecular complexity index is 468.